The smallest absolute Gasteiger partial charge is 0.272 e. The number of alkyl halides is 2. The first-order valence-electron chi connectivity index (χ1n) is 5.02. The van der Waals surface area contributed by atoms with Crippen LogP contribution in [0.4, 0.5) is 8.78 Å². The van der Waals surface area contributed by atoms with E-state index in [0.717, 1.165) is 11.1 Å². The molecular weight excluding hydrogens is 198 g/mol. The van der Waals surface area contributed by atoms with Crippen molar-refractivity contribution >= 4 is 0 Å². The largest absolute Gasteiger partial charge is 0.487 e. The highest BCUT2D eigenvalue weighted by molar-refractivity contribution is 5.37. The van der Waals surface area contributed by atoms with Gasteiger partial charge in [-0.25, -0.2) is 8.78 Å². The van der Waals surface area contributed by atoms with Gasteiger partial charge in [-0.15, -0.1) is 0 Å². The zero-order valence-corrected chi connectivity index (χ0v) is 9.26. The van der Waals surface area contributed by atoms with Gasteiger partial charge in [-0.2, -0.15) is 0 Å². The van der Waals surface area contributed by atoms with Crippen molar-refractivity contribution in [1.82, 2.24) is 0 Å². The molecule has 1 aromatic rings. The fourth-order valence-electron chi connectivity index (χ4n) is 1.28. The molecule has 0 atom stereocenters. The molecule has 0 aliphatic rings. The number of aryl methyl sites for hydroxylation is 1. The molecule has 15 heavy (non-hydrogen) atoms. The van der Waals surface area contributed by atoms with Gasteiger partial charge in [0.25, 0.3) is 6.43 Å². The van der Waals surface area contributed by atoms with Crippen molar-refractivity contribution < 1.29 is 13.5 Å². The summed E-state index contributed by atoms with van der Waals surface area (Å²) in [5.41, 5.74) is 1.99. The normalized spacial score (nSPS) is 11.1. The van der Waals surface area contributed by atoms with Crippen LogP contribution in [-0.2, 0) is 0 Å². The van der Waals surface area contributed by atoms with Crippen LogP contribution in [0.3, 0.4) is 0 Å². The molecular formula is C12H16F2O. The van der Waals surface area contributed by atoms with Crippen LogP contribution in [0.15, 0.2) is 18.2 Å². The fourth-order valence-corrected chi connectivity index (χ4v) is 1.28. The van der Waals surface area contributed by atoms with Crippen LogP contribution in [0.2, 0.25) is 0 Å². The topological polar surface area (TPSA) is 9.23 Å². The molecule has 0 radical (unpaired) electrons. The molecule has 0 unspecified atom stereocenters. The number of benzene rings is 1. The summed E-state index contributed by atoms with van der Waals surface area (Å²) in [4.78, 5) is 0. The van der Waals surface area contributed by atoms with Gasteiger partial charge in [0, 0.05) is 0 Å². The van der Waals surface area contributed by atoms with Crippen LogP contribution in [0.1, 0.15) is 30.9 Å². The summed E-state index contributed by atoms with van der Waals surface area (Å²) >= 11 is 0. The molecule has 1 aromatic carbocycles. The molecule has 0 saturated heterocycles. The predicted octanol–water partition coefficient (Wildman–Crippen LogP) is 3.76. The van der Waals surface area contributed by atoms with Gasteiger partial charge in [-0.3, -0.25) is 0 Å². The standard InChI is InChI=1S/C12H16F2O/c1-8(2)10-5-4-9(3)11(6-10)15-7-12(13)14/h4-6,8,12H,7H2,1-3H3. The van der Waals surface area contributed by atoms with Crippen molar-refractivity contribution in [2.24, 2.45) is 0 Å². The minimum atomic E-state index is -2.42. The Labute approximate surface area is 89.1 Å². The number of hydrogen-bond acceptors (Lipinski definition) is 1. The summed E-state index contributed by atoms with van der Waals surface area (Å²) in [6.07, 6.45) is -2.42. The van der Waals surface area contributed by atoms with Gasteiger partial charge in [0.15, 0.2) is 0 Å². The maximum Gasteiger partial charge on any atom is 0.272 e. The Kier molecular flexibility index (Phi) is 4.06. The number of hydrogen-bond donors (Lipinski definition) is 0. The summed E-state index contributed by atoms with van der Waals surface area (Å²) in [6, 6.07) is 5.73. The minimum absolute atomic E-state index is 0.375. The van der Waals surface area contributed by atoms with Crippen molar-refractivity contribution in [3.63, 3.8) is 0 Å². The molecule has 0 bridgehead atoms. The monoisotopic (exact) mass is 214 g/mol. The van der Waals surface area contributed by atoms with Crippen molar-refractivity contribution in [3.8, 4) is 5.75 Å². The number of halogens is 2. The molecule has 0 N–H and O–H groups in total. The third-order valence-electron chi connectivity index (χ3n) is 2.24. The highest BCUT2D eigenvalue weighted by atomic mass is 19.3. The van der Waals surface area contributed by atoms with E-state index in [1.165, 1.54) is 0 Å². The van der Waals surface area contributed by atoms with Gasteiger partial charge in [0.2, 0.25) is 0 Å². The lowest BCUT2D eigenvalue weighted by Gasteiger charge is -2.12. The second kappa shape index (κ2) is 5.10. The quantitative estimate of drug-likeness (QED) is 0.741. The summed E-state index contributed by atoms with van der Waals surface area (Å²) < 4.78 is 29.0. The van der Waals surface area contributed by atoms with E-state index in [1.807, 2.05) is 25.1 Å². The zero-order valence-electron chi connectivity index (χ0n) is 9.26. The first-order chi connectivity index (χ1) is 7.00. The second-order valence-electron chi connectivity index (χ2n) is 3.88. The highest BCUT2D eigenvalue weighted by Crippen LogP contribution is 2.24. The molecule has 3 heteroatoms. The average Bonchev–Trinajstić information content (AvgIpc) is 2.16. The molecule has 0 heterocycles. The Morgan fingerprint density at radius 1 is 1.27 bits per heavy atom. The minimum Gasteiger partial charge on any atom is -0.487 e. The van der Waals surface area contributed by atoms with Crippen molar-refractivity contribution in [1.29, 1.82) is 0 Å². The molecule has 0 fully saturated rings. The Bertz CT molecular complexity index is 321. The fraction of sp³-hybridized carbons (Fsp3) is 0.500. The molecule has 0 saturated carbocycles. The van der Waals surface area contributed by atoms with Crippen LogP contribution in [0.5, 0.6) is 5.75 Å². The van der Waals surface area contributed by atoms with Gasteiger partial charge in [0.05, 0.1) is 0 Å². The van der Waals surface area contributed by atoms with Crippen LogP contribution in [0, 0.1) is 6.92 Å². The van der Waals surface area contributed by atoms with E-state index in [-0.39, 0.29) is 0 Å². The lowest BCUT2D eigenvalue weighted by Crippen LogP contribution is -2.08. The van der Waals surface area contributed by atoms with E-state index >= 15 is 0 Å². The Balaban J connectivity index is 2.81. The molecule has 0 aromatic heterocycles. The molecule has 0 amide bonds. The van der Waals surface area contributed by atoms with E-state index in [4.69, 9.17) is 4.74 Å². The zero-order chi connectivity index (χ0) is 11.4. The molecule has 0 aliphatic carbocycles. The molecule has 0 aliphatic heterocycles. The second-order valence-corrected chi connectivity index (χ2v) is 3.88. The summed E-state index contributed by atoms with van der Waals surface area (Å²) in [7, 11) is 0. The molecule has 0 spiro atoms. The third kappa shape index (κ3) is 3.50. The van der Waals surface area contributed by atoms with Gasteiger partial charge in [-0.1, -0.05) is 26.0 Å². The third-order valence-corrected chi connectivity index (χ3v) is 2.24. The van der Waals surface area contributed by atoms with E-state index in [1.54, 1.807) is 0 Å². The predicted molar refractivity (Wildman–Crippen MR) is 56.8 cm³/mol. The van der Waals surface area contributed by atoms with Gasteiger partial charge in [-0.05, 0) is 30.0 Å². The maximum atomic E-state index is 12.0. The van der Waals surface area contributed by atoms with Crippen molar-refractivity contribution in [2.75, 3.05) is 6.61 Å². The first-order valence-corrected chi connectivity index (χ1v) is 5.02. The van der Waals surface area contributed by atoms with Crippen LogP contribution in [-0.4, -0.2) is 13.0 Å². The van der Waals surface area contributed by atoms with E-state index in [0.29, 0.717) is 11.7 Å². The Hall–Kier alpha value is -1.12. The Morgan fingerprint density at radius 3 is 2.47 bits per heavy atom. The van der Waals surface area contributed by atoms with Crippen molar-refractivity contribution in [2.45, 2.75) is 33.1 Å². The van der Waals surface area contributed by atoms with E-state index in [9.17, 15) is 8.78 Å². The van der Waals surface area contributed by atoms with E-state index in [2.05, 4.69) is 13.8 Å². The average molecular weight is 214 g/mol. The van der Waals surface area contributed by atoms with Crippen LogP contribution < -0.4 is 4.74 Å². The highest BCUT2D eigenvalue weighted by Gasteiger charge is 2.07. The van der Waals surface area contributed by atoms with Crippen molar-refractivity contribution in [3.05, 3.63) is 29.3 Å². The van der Waals surface area contributed by atoms with Crippen LogP contribution >= 0.6 is 0 Å². The SMILES string of the molecule is Cc1ccc(C(C)C)cc1OCC(F)F. The summed E-state index contributed by atoms with van der Waals surface area (Å²) in [5.74, 6) is 0.931. The summed E-state index contributed by atoms with van der Waals surface area (Å²) in [6.45, 7) is 5.43. The van der Waals surface area contributed by atoms with E-state index < -0.39 is 13.0 Å². The van der Waals surface area contributed by atoms with Gasteiger partial charge >= 0.3 is 0 Å². The van der Waals surface area contributed by atoms with Gasteiger partial charge in [0.1, 0.15) is 12.4 Å². The number of ether oxygens (including phenoxy) is 1. The lowest BCUT2D eigenvalue weighted by atomic mass is 10.0. The lowest BCUT2D eigenvalue weighted by molar-refractivity contribution is 0.0815. The molecule has 1 nitrogen and oxygen atoms in total. The first kappa shape index (κ1) is 12.0. The number of rotatable bonds is 4. The van der Waals surface area contributed by atoms with Crippen LogP contribution in [0.25, 0.3) is 0 Å². The molecule has 1 rings (SSSR count). The summed E-state index contributed by atoms with van der Waals surface area (Å²) in [5, 5.41) is 0. The molecule has 84 valence electrons. The van der Waals surface area contributed by atoms with Gasteiger partial charge < -0.3 is 4.74 Å². The Morgan fingerprint density at radius 2 is 1.93 bits per heavy atom. The maximum absolute atomic E-state index is 12.0.